The molecule has 27 heavy (non-hydrogen) atoms. The number of urea groups is 1. The van der Waals surface area contributed by atoms with Gasteiger partial charge in [0, 0.05) is 43.4 Å². The van der Waals surface area contributed by atoms with E-state index < -0.39 is 0 Å². The molecule has 0 aromatic heterocycles. The van der Waals surface area contributed by atoms with Crippen LogP contribution in [0.3, 0.4) is 0 Å². The maximum atomic E-state index is 12.6. The minimum absolute atomic E-state index is 0.00223. The Kier molecular flexibility index (Phi) is 6.75. The third-order valence-electron chi connectivity index (χ3n) is 5.09. The van der Waals surface area contributed by atoms with E-state index in [0.717, 1.165) is 49.9 Å². The number of nitrogens with one attached hydrogen (secondary N) is 1. The second-order valence-corrected chi connectivity index (χ2v) is 7.82. The molecule has 2 amide bonds. The van der Waals surface area contributed by atoms with Crippen LogP contribution in [0, 0.1) is 0 Å². The highest BCUT2D eigenvalue weighted by atomic mass is 35.5. The van der Waals surface area contributed by atoms with E-state index in [0.29, 0.717) is 5.92 Å². The van der Waals surface area contributed by atoms with Crippen molar-refractivity contribution < 1.29 is 4.79 Å². The van der Waals surface area contributed by atoms with Gasteiger partial charge in [-0.1, -0.05) is 55.8 Å². The summed E-state index contributed by atoms with van der Waals surface area (Å²) >= 11 is 6.05. The van der Waals surface area contributed by atoms with E-state index in [1.165, 1.54) is 11.1 Å². The van der Waals surface area contributed by atoms with Crippen LogP contribution < -0.4 is 5.32 Å². The molecule has 4 nitrogen and oxygen atoms in total. The Balaban J connectivity index is 1.48. The number of halogens is 1. The average Bonchev–Trinajstić information content (AvgIpc) is 2.67. The quantitative estimate of drug-likeness (QED) is 0.798. The van der Waals surface area contributed by atoms with Gasteiger partial charge in [0.25, 0.3) is 0 Å². The van der Waals surface area contributed by atoms with Crippen molar-refractivity contribution in [3.8, 4) is 0 Å². The minimum atomic E-state index is -0.00223. The van der Waals surface area contributed by atoms with Crippen molar-refractivity contribution in [2.45, 2.75) is 26.2 Å². The molecule has 0 unspecified atom stereocenters. The van der Waals surface area contributed by atoms with Gasteiger partial charge in [0.15, 0.2) is 0 Å². The van der Waals surface area contributed by atoms with Gasteiger partial charge in [0.2, 0.25) is 0 Å². The molecule has 5 heteroatoms. The molecule has 0 aliphatic carbocycles. The number of para-hydroxylation sites is 1. The number of nitrogens with zero attached hydrogens (tertiary/aromatic N) is 2. The number of carbonyl (C=O) groups excluding carboxylic acids is 1. The molecule has 0 spiro atoms. The number of anilines is 1. The highest BCUT2D eigenvalue weighted by molar-refractivity contribution is 6.30. The van der Waals surface area contributed by atoms with E-state index in [4.69, 9.17) is 11.6 Å². The summed E-state index contributed by atoms with van der Waals surface area (Å²) in [4.78, 5) is 17.0. The van der Waals surface area contributed by atoms with Gasteiger partial charge in [-0.15, -0.1) is 0 Å². The molecule has 1 heterocycles. The van der Waals surface area contributed by atoms with Crippen LogP contribution in [0.5, 0.6) is 0 Å². The first-order valence-corrected chi connectivity index (χ1v) is 10.0. The second kappa shape index (κ2) is 9.25. The summed E-state index contributed by atoms with van der Waals surface area (Å²) in [5.41, 5.74) is 3.35. The standard InChI is InChI=1S/C22H28ClN3O/c1-17(2)20-8-3-4-9-21(20)24-22(27)26-14-12-25(13-15-26)11-10-18-6-5-7-19(23)16-18/h3-9,16-17H,10-15H2,1-2H3,(H,24,27). The van der Waals surface area contributed by atoms with Crippen LogP contribution in [0.4, 0.5) is 10.5 Å². The molecule has 1 N–H and O–H groups in total. The van der Waals surface area contributed by atoms with Crippen LogP contribution in [0.25, 0.3) is 0 Å². The SMILES string of the molecule is CC(C)c1ccccc1NC(=O)N1CCN(CCc2cccc(Cl)c2)CC1. The van der Waals surface area contributed by atoms with E-state index in [1.54, 1.807) is 0 Å². The molecule has 2 aromatic carbocycles. The van der Waals surface area contributed by atoms with Crippen LogP contribution in [-0.4, -0.2) is 48.6 Å². The molecular formula is C22H28ClN3O. The Morgan fingerprint density at radius 2 is 1.81 bits per heavy atom. The van der Waals surface area contributed by atoms with Crippen molar-refractivity contribution in [2.75, 3.05) is 38.0 Å². The van der Waals surface area contributed by atoms with E-state index in [9.17, 15) is 4.79 Å². The summed E-state index contributed by atoms with van der Waals surface area (Å²) in [6.07, 6.45) is 0.981. The molecule has 0 atom stereocenters. The molecule has 1 aliphatic heterocycles. The number of rotatable bonds is 5. The number of benzene rings is 2. The van der Waals surface area contributed by atoms with Crippen molar-refractivity contribution in [3.63, 3.8) is 0 Å². The maximum absolute atomic E-state index is 12.6. The van der Waals surface area contributed by atoms with Gasteiger partial charge in [0.1, 0.15) is 0 Å². The lowest BCUT2D eigenvalue weighted by Gasteiger charge is -2.35. The molecule has 3 rings (SSSR count). The topological polar surface area (TPSA) is 35.6 Å². The largest absolute Gasteiger partial charge is 0.322 e. The molecule has 144 valence electrons. The first kappa shape index (κ1) is 19.7. The van der Waals surface area contributed by atoms with E-state index >= 15 is 0 Å². The molecule has 0 saturated carbocycles. The predicted molar refractivity (Wildman–Crippen MR) is 113 cm³/mol. The summed E-state index contributed by atoms with van der Waals surface area (Å²) in [7, 11) is 0. The molecule has 1 aliphatic rings. The lowest BCUT2D eigenvalue weighted by molar-refractivity contribution is 0.148. The van der Waals surface area contributed by atoms with Crippen LogP contribution in [-0.2, 0) is 6.42 Å². The first-order chi connectivity index (χ1) is 13.0. The van der Waals surface area contributed by atoms with Crippen LogP contribution in [0.2, 0.25) is 5.02 Å². The Bertz CT molecular complexity index is 770. The monoisotopic (exact) mass is 385 g/mol. The van der Waals surface area contributed by atoms with Crippen LogP contribution in [0.15, 0.2) is 48.5 Å². The van der Waals surface area contributed by atoms with Gasteiger partial charge in [-0.3, -0.25) is 4.90 Å². The second-order valence-electron chi connectivity index (χ2n) is 7.38. The van der Waals surface area contributed by atoms with E-state index in [1.807, 2.05) is 41.3 Å². The van der Waals surface area contributed by atoms with Crippen molar-refractivity contribution in [3.05, 3.63) is 64.7 Å². The summed E-state index contributed by atoms with van der Waals surface area (Å²) in [5, 5.41) is 3.88. The fourth-order valence-electron chi connectivity index (χ4n) is 3.46. The smallest absolute Gasteiger partial charge is 0.321 e. The zero-order valence-corrected chi connectivity index (χ0v) is 16.9. The predicted octanol–water partition coefficient (Wildman–Crippen LogP) is 4.86. The zero-order valence-electron chi connectivity index (χ0n) is 16.1. The lowest BCUT2D eigenvalue weighted by atomic mass is 10.0. The van der Waals surface area contributed by atoms with Gasteiger partial charge >= 0.3 is 6.03 Å². The summed E-state index contributed by atoms with van der Waals surface area (Å²) in [5.74, 6) is 0.379. The Morgan fingerprint density at radius 1 is 1.07 bits per heavy atom. The van der Waals surface area contributed by atoms with E-state index in [2.05, 4.69) is 36.2 Å². The van der Waals surface area contributed by atoms with Crippen molar-refractivity contribution in [2.24, 2.45) is 0 Å². The number of hydrogen-bond acceptors (Lipinski definition) is 2. The van der Waals surface area contributed by atoms with Crippen LogP contribution in [0.1, 0.15) is 30.9 Å². The zero-order chi connectivity index (χ0) is 19.2. The van der Waals surface area contributed by atoms with Gasteiger partial charge in [-0.25, -0.2) is 4.79 Å². The van der Waals surface area contributed by atoms with E-state index in [-0.39, 0.29) is 6.03 Å². The fourth-order valence-corrected chi connectivity index (χ4v) is 3.68. The van der Waals surface area contributed by atoms with Gasteiger partial charge in [-0.05, 0) is 41.7 Å². The summed E-state index contributed by atoms with van der Waals surface area (Å²) < 4.78 is 0. The molecule has 1 fully saturated rings. The fraction of sp³-hybridized carbons (Fsp3) is 0.409. The lowest BCUT2D eigenvalue weighted by Crippen LogP contribution is -2.50. The Morgan fingerprint density at radius 3 is 2.52 bits per heavy atom. The molecular weight excluding hydrogens is 358 g/mol. The molecule has 0 bridgehead atoms. The van der Waals surface area contributed by atoms with Crippen molar-refractivity contribution in [1.82, 2.24) is 9.80 Å². The Hall–Kier alpha value is -2.04. The summed E-state index contributed by atoms with van der Waals surface area (Å²) in [6.45, 7) is 8.59. The molecule has 0 radical (unpaired) electrons. The number of carbonyl (C=O) groups is 1. The van der Waals surface area contributed by atoms with Crippen LogP contribution >= 0.6 is 11.6 Å². The normalized spacial score (nSPS) is 15.2. The van der Waals surface area contributed by atoms with Crippen molar-refractivity contribution >= 4 is 23.3 Å². The molecule has 1 saturated heterocycles. The number of hydrogen-bond donors (Lipinski definition) is 1. The van der Waals surface area contributed by atoms with Gasteiger partial charge < -0.3 is 10.2 Å². The third kappa shape index (κ3) is 5.47. The molecule has 2 aromatic rings. The van der Waals surface area contributed by atoms with Crippen molar-refractivity contribution in [1.29, 1.82) is 0 Å². The van der Waals surface area contributed by atoms with Gasteiger partial charge in [-0.2, -0.15) is 0 Å². The first-order valence-electron chi connectivity index (χ1n) is 9.64. The number of piperazine rings is 1. The third-order valence-corrected chi connectivity index (χ3v) is 5.32. The number of amides is 2. The van der Waals surface area contributed by atoms with Gasteiger partial charge in [0.05, 0.1) is 0 Å². The minimum Gasteiger partial charge on any atom is -0.322 e. The average molecular weight is 386 g/mol. The highest BCUT2D eigenvalue weighted by Gasteiger charge is 2.21. The maximum Gasteiger partial charge on any atom is 0.321 e. The summed E-state index contributed by atoms with van der Waals surface area (Å²) in [6, 6.07) is 16.1. The highest BCUT2D eigenvalue weighted by Crippen LogP contribution is 2.24. The Labute approximate surface area is 167 Å².